The smallest absolute Gasteiger partial charge is 0.134 e. The highest BCUT2D eigenvalue weighted by atomic mass is 79.9. The monoisotopic (exact) mass is 352 g/mol. The van der Waals surface area contributed by atoms with E-state index in [1.807, 2.05) is 18.2 Å². The van der Waals surface area contributed by atoms with E-state index in [0.29, 0.717) is 12.5 Å². The van der Waals surface area contributed by atoms with Crippen LogP contribution in [0.15, 0.2) is 40.9 Å². The molecule has 2 rings (SSSR count). The summed E-state index contributed by atoms with van der Waals surface area (Å²) in [5.41, 5.74) is 0.199. The van der Waals surface area contributed by atoms with E-state index < -0.39 is 0 Å². The minimum atomic E-state index is 0.199. The van der Waals surface area contributed by atoms with E-state index in [0.717, 1.165) is 16.0 Å². The molecule has 0 aliphatic carbocycles. The van der Waals surface area contributed by atoms with Crippen LogP contribution in [0.1, 0.15) is 20.8 Å². The highest BCUT2D eigenvalue weighted by molar-refractivity contribution is 9.10. The van der Waals surface area contributed by atoms with Crippen LogP contribution >= 0.6 is 28.6 Å². The summed E-state index contributed by atoms with van der Waals surface area (Å²) in [5, 5.41) is 2.40. The Morgan fingerprint density at radius 2 is 1.85 bits per heavy atom. The fourth-order valence-corrected chi connectivity index (χ4v) is 3.35. The Kier molecular flexibility index (Phi) is 5.03. The Labute approximate surface area is 135 Å². The summed E-state index contributed by atoms with van der Waals surface area (Å²) in [4.78, 5) is 0. The van der Waals surface area contributed by atoms with Crippen molar-refractivity contribution in [3.05, 3.63) is 40.9 Å². The van der Waals surface area contributed by atoms with Gasteiger partial charge >= 0.3 is 0 Å². The van der Waals surface area contributed by atoms with Crippen LogP contribution in [-0.4, -0.2) is 12.4 Å². The van der Waals surface area contributed by atoms with Crippen molar-refractivity contribution in [1.82, 2.24) is 0 Å². The molecule has 0 bridgehead atoms. The van der Waals surface area contributed by atoms with Gasteiger partial charge in [0, 0.05) is 5.92 Å². The van der Waals surface area contributed by atoms with Gasteiger partial charge in [-0.2, -0.15) is 12.6 Å². The van der Waals surface area contributed by atoms with Crippen molar-refractivity contribution < 1.29 is 4.74 Å². The minimum Gasteiger partial charge on any atom is -0.492 e. The first-order valence-corrected chi connectivity index (χ1v) is 8.27. The van der Waals surface area contributed by atoms with Crippen molar-refractivity contribution in [3.63, 3.8) is 0 Å². The van der Waals surface area contributed by atoms with Gasteiger partial charge in [0.2, 0.25) is 0 Å². The quantitative estimate of drug-likeness (QED) is 0.707. The molecule has 0 fully saturated rings. The molecule has 0 spiro atoms. The summed E-state index contributed by atoms with van der Waals surface area (Å²) in [6, 6.07) is 12.4. The van der Waals surface area contributed by atoms with Gasteiger partial charge < -0.3 is 4.74 Å². The van der Waals surface area contributed by atoms with E-state index in [-0.39, 0.29) is 5.41 Å². The summed E-state index contributed by atoms with van der Waals surface area (Å²) in [7, 11) is 0. The lowest BCUT2D eigenvalue weighted by atomic mass is 9.82. The minimum absolute atomic E-state index is 0.199. The van der Waals surface area contributed by atoms with Crippen LogP contribution in [0.5, 0.6) is 5.75 Å². The first kappa shape index (κ1) is 15.7. The molecular formula is C17H21BrOS. The van der Waals surface area contributed by atoms with Gasteiger partial charge in [-0.1, -0.05) is 51.1 Å². The zero-order chi connectivity index (χ0) is 14.8. The number of halogens is 1. The van der Waals surface area contributed by atoms with Crippen molar-refractivity contribution in [3.8, 4) is 5.75 Å². The number of rotatable bonds is 4. The standard InChI is InChI=1S/C17H21BrOS/c1-17(2,3)13(11-20)10-19-15-9-8-12-6-4-5-7-14(12)16(15)18/h4-9,13,20H,10-11H2,1-3H3. The molecule has 0 aromatic heterocycles. The third-order valence-electron chi connectivity index (χ3n) is 3.71. The maximum absolute atomic E-state index is 6.03. The Hall–Kier alpha value is -0.670. The third kappa shape index (κ3) is 3.50. The summed E-state index contributed by atoms with van der Waals surface area (Å²) in [6.45, 7) is 7.37. The second kappa shape index (κ2) is 6.40. The van der Waals surface area contributed by atoms with Crippen molar-refractivity contribution in [2.24, 2.45) is 11.3 Å². The summed E-state index contributed by atoms with van der Waals surface area (Å²) in [6.07, 6.45) is 0. The van der Waals surface area contributed by atoms with Gasteiger partial charge in [0.1, 0.15) is 5.75 Å². The second-order valence-electron chi connectivity index (χ2n) is 6.16. The zero-order valence-electron chi connectivity index (χ0n) is 12.2. The Balaban J connectivity index is 2.20. The lowest BCUT2D eigenvalue weighted by Crippen LogP contribution is -2.28. The van der Waals surface area contributed by atoms with Crippen LogP contribution in [0.4, 0.5) is 0 Å². The second-order valence-corrected chi connectivity index (χ2v) is 7.31. The summed E-state index contributed by atoms with van der Waals surface area (Å²) in [5.74, 6) is 2.15. The van der Waals surface area contributed by atoms with Gasteiger partial charge in [0.25, 0.3) is 0 Å². The van der Waals surface area contributed by atoms with Crippen LogP contribution in [0.2, 0.25) is 0 Å². The largest absolute Gasteiger partial charge is 0.492 e. The fraction of sp³-hybridized carbons (Fsp3) is 0.412. The Bertz CT molecular complexity index is 589. The maximum Gasteiger partial charge on any atom is 0.134 e. The number of fused-ring (bicyclic) bond motifs is 1. The van der Waals surface area contributed by atoms with Crippen molar-refractivity contribution in [2.45, 2.75) is 20.8 Å². The highest BCUT2D eigenvalue weighted by Gasteiger charge is 2.24. The zero-order valence-corrected chi connectivity index (χ0v) is 14.7. The number of ether oxygens (including phenoxy) is 1. The first-order chi connectivity index (χ1) is 9.43. The number of hydrogen-bond acceptors (Lipinski definition) is 2. The van der Waals surface area contributed by atoms with E-state index in [1.165, 1.54) is 10.8 Å². The van der Waals surface area contributed by atoms with E-state index in [4.69, 9.17) is 4.74 Å². The van der Waals surface area contributed by atoms with Crippen LogP contribution in [0.3, 0.4) is 0 Å². The molecular weight excluding hydrogens is 332 g/mol. The first-order valence-electron chi connectivity index (χ1n) is 6.84. The van der Waals surface area contributed by atoms with Crippen LogP contribution in [0, 0.1) is 11.3 Å². The summed E-state index contributed by atoms with van der Waals surface area (Å²) >= 11 is 8.11. The van der Waals surface area contributed by atoms with Crippen molar-refractivity contribution >= 4 is 39.3 Å². The van der Waals surface area contributed by atoms with E-state index >= 15 is 0 Å². The molecule has 1 atom stereocenters. The van der Waals surface area contributed by atoms with E-state index in [9.17, 15) is 0 Å². The number of benzene rings is 2. The molecule has 1 nitrogen and oxygen atoms in total. The molecule has 2 aromatic carbocycles. The normalized spacial score (nSPS) is 13.4. The van der Waals surface area contributed by atoms with Gasteiger partial charge in [-0.25, -0.2) is 0 Å². The SMILES string of the molecule is CC(C)(C)C(CS)COc1ccc2ccccc2c1Br. The molecule has 0 heterocycles. The lowest BCUT2D eigenvalue weighted by Gasteiger charge is -2.29. The molecule has 20 heavy (non-hydrogen) atoms. The highest BCUT2D eigenvalue weighted by Crippen LogP contribution is 2.34. The molecule has 0 saturated carbocycles. The predicted molar refractivity (Wildman–Crippen MR) is 93.9 cm³/mol. The molecule has 108 valence electrons. The molecule has 1 unspecified atom stereocenters. The average molecular weight is 353 g/mol. The lowest BCUT2D eigenvalue weighted by molar-refractivity contribution is 0.165. The van der Waals surface area contributed by atoms with Gasteiger partial charge in [0.05, 0.1) is 11.1 Å². The Morgan fingerprint density at radius 3 is 2.50 bits per heavy atom. The third-order valence-corrected chi connectivity index (χ3v) is 4.97. The molecule has 0 amide bonds. The van der Waals surface area contributed by atoms with Crippen molar-refractivity contribution in [2.75, 3.05) is 12.4 Å². The molecule has 0 saturated heterocycles. The van der Waals surface area contributed by atoms with E-state index in [2.05, 4.69) is 67.5 Å². The Morgan fingerprint density at radius 1 is 1.15 bits per heavy atom. The number of thiol groups is 1. The van der Waals surface area contributed by atoms with Gasteiger partial charge in [0.15, 0.2) is 0 Å². The molecule has 2 aromatic rings. The van der Waals surface area contributed by atoms with Crippen LogP contribution in [0.25, 0.3) is 10.8 Å². The van der Waals surface area contributed by atoms with Gasteiger partial charge in [-0.3, -0.25) is 0 Å². The molecule has 0 radical (unpaired) electrons. The maximum atomic E-state index is 6.03. The van der Waals surface area contributed by atoms with E-state index in [1.54, 1.807) is 0 Å². The molecule has 0 aliphatic heterocycles. The average Bonchev–Trinajstić information content (AvgIpc) is 2.40. The van der Waals surface area contributed by atoms with Crippen LogP contribution < -0.4 is 4.74 Å². The molecule has 0 aliphatic rings. The fourth-order valence-electron chi connectivity index (χ4n) is 2.09. The molecule has 3 heteroatoms. The molecule has 0 N–H and O–H groups in total. The summed E-state index contributed by atoms with van der Waals surface area (Å²) < 4.78 is 7.06. The van der Waals surface area contributed by atoms with Crippen molar-refractivity contribution in [1.29, 1.82) is 0 Å². The predicted octanol–water partition coefficient (Wildman–Crippen LogP) is 5.57. The van der Waals surface area contributed by atoms with Crippen LogP contribution in [-0.2, 0) is 0 Å². The van der Waals surface area contributed by atoms with Gasteiger partial charge in [-0.15, -0.1) is 0 Å². The van der Waals surface area contributed by atoms with Gasteiger partial charge in [-0.05, 0) is 43.9 Å². The number of hydrogen-bond donors (Lipinski definition) is 1. The topological polar surface area (TPSA) is 9.23 Å².